The standard InChI is InChI=1S/C11H15F3N2O/c1-3-16(7-11(12,13)14)8-5-4-6-9(17-2)10(8)15/h4-6H,3,7,15H2,1-2H3. The molecule has 0 radical (unpaired) electrons. The normalized spacial score (nSPS) is 11.4. The SMILES string of the molecule is CCN(CC(F)(F)F)c1cccc(OC)c1N. The number of alkyl halides is 3. The van der Waals surface area contributed by atoms with E-state index in [0.717, 1.165) is 4.90 Å². The molecule has 2 N–H and O–H groups in total. The molecule has 0 saturated carbocycles. The smallest absolute Gasteiger partial charge is 0.405 e. The molecule has 1 aromatic rings. The summed E-state index contributed by atoms with van der Waals surface area (Å²) in [6.07, 6.45) is -4.26. The van der Waals surface area contributed by atoms with Crippen LogP contribution >= 0.6 is 0 Å². The number of nitrogens with two attached hydrogens (primary N) is 1. The second-order valence-electron chi connectivity index (χ2n) is 3.52. The zero-order chi connectivity index (χ0) is 13.1. The molecule has 0 unspecified atom stereocenters. The summed E-state index contributed by atoms with van der Waals surface area (Å²) in [5.74, 6) is 0.378. The van der Waals surface area contributed by atoms with Gasteiger partial charge in [-0.25, -0.2) is 0 Å². The lowest BCUT2D eigenvalue weighted by molar-refractivity contribution is -0.119. The van der Waals surface area contributed by atoms with E-state index in [9.17, 15) is 13.2 Å². The van der Waals surface area contributed by atoms with Gasteiger partial charge in [0.05, 0.1) is 18.5 Å². The number of nitrogen functional groups attached to an aromatic ring is 1. The summed E-state index contributed by atoms with van der Waals surface area (Å²) in [7, 11) is 1.43. The number of hydrogen-bond donors (Lipinski definition) is 1. The van der Waals surface area contributed by atoms with E-state index >= 15 is 0 Å². The van der Waals surface area contributed by atoms with E-state index < -0.39 is 12.7 Å². The number of halogens is 3. The first-order chi connectivity index (χ1) is 7.89. The van der Waals surface area contributed by atoms with Gasteiger partial charge in [-0.2, -0.15) is 13.2 Å². The first-order valence-electron chi connectivity index (χ1n) is 5.13. The second kappa shape index (κ2) is 5.16. The first kappa shape index (κ1) is 13.5. The topological polar surface area (TPSA) is 38.5 Å². The Hall–Kier alpha value is -1.59. The van der Waals surface area contributed by atoms with Gasteiger partial charge in [0, 0.05) is 6.54 Å². The Bertz CT molecular complexity index is 379. The van der Waals surface area contributed by atoms with E-state index in [1.54, 1.807) is 25.1 Å². The van der Waals surface area contributed by atoms with Crippen molar-refractivity contribution in [2.24, 2.45) is 0 Å². The molecular formula is C11H15F3N2O. The lowest BCUT2D eigenvalue weighted by Gasteiger charge is -2.26. The third kappa shape index (κ3) is 3.44. The summed E-state index contributed by atoms with van der Waals surface area (Å²) in [4.78, 5) is 1.16. The van der Waals surface area contributed by atoms with Crippen LogP contribution in [0.25, 0.3) is 0 Å². The number of ether oxygens (including phenoxy) is 1. The van der Waals surface area contributed by atoms with E-state index in [4.69, 9.17) is 10.5 Å². The minimum Gasteiger partial charge on any atom is -0.495 e. The largest absolute Gasteiger partial charge is 0.495 e. The molecule has 0 aliphatic heterocycles. The predicted molar refractivity (Wildman–Crippen MR) is 61.3 cm³/mol. The van der Waals surface area contributed by atoms with E-state index in [2.05, 4.69) is 0 Å². The van der Waals surface area contributed by atoms with E-state index in [-0.39, 0.29) is 12.2 Å². The molecule has 0 fully saturated rings. The van der Waals surface area contributed by atoms with E-state index in [0.29, 0.717) is 11.4 Å². The first-order valence-corrected chi connectivity index (χ1v) is 5.13. The molecule has 17 heavy (non-hydrogen) atoms. The Morgan fingerprint density at radius 2 is 2.00 bits per heavy atom. The highest BCUT2D eigenvalue weighted by Gasteiger charge is 2.31. The molecule has 3 nitrogen and oxygen atoms in total. The zero-order valence-corrected chi connectivity index (χ0v) is 9.71. The summed E-state index contributed by atoms with van der Waals surface area (Å²) in [6.45, 7) is 0.836. The van der Waals surface area contributed by atoms with Crippen LogP contribution in [0, 0.1) is 0 Å². The summed E-state index contributed by atoms with van der Waals surface area (Å²) >= 11 is 0. The van der Waals surface area contributed by atoms with E-state index in [1.165, 1.54) is 7.11 Å². The Balaban J connectivity index is 3.04. The summed E-state index contributed by atoms with van der Waals surface area (Å²) < 4.78 is 42.1. The highest BCUT2D eigenvalue weighted by molar-refractivity contribution is 5.74. The molecule has 6 heteroatoms. The Labute approximate surface area is 98.0 Å². The molecule has 0 heterocycles. The van der Waals surface area contributed by atoms with Crippen LogP contribution in [-0.4, -0.2) is 26.4 Å². The van der Waals surface area contributed by atoms with Crippen molar-refractivity contribution in [3.05, 3.63) is 18.2 Å². The van der Waals surface area contributed by atoms with Crippen molar-refractivity contribution in [2.45, 2.75) is 13.1 Å². The van der Waals surface area contributed by atoms with Gasteiger partial charge in [-0.3, -0.25) is 0 Å². The van der Waals surface area contributed by atoms with Gasteiger partial charge in [0.1, 0.15) is 12.3 Å². The van der Waals surface area contributed by atoms with Crippen LogP contribution in [0.3, 0.4) is 0 Å². The van der Waals surface area contributed by atoms with Gasteiger partial charge >= 0.3 is 6.18 Å². The van der Waals surface area contributed by atoms with Crippen molar-refractivity contribution in [1.29, 1.82) is 0 Å². The van der Waals surface area contributed by atoms with E-state index in [1.807, 2.05) is 0 Å². The number of para-hydroxylation sites is 1. The molecule has 0 aliphatic rings. The van der Waals surface area contributed by atoms with Crippen molar-refractivity contribution in [3.8, 4) is 5.75 Å². The van der Waals surface area contributed by atoms with Crippen molar-refractivity contribution in [3.63, 3.8) is 0 Å². The van der Waals surface area contributed by atoms with Gasteiger partial charge in [0.25, 0.3) is 0 Å². The molecule has 0 atom stereocenters. The molecular weight excluding hydrogens is 233 g/mol. The van der Waals surface area contributed by atoms with Crippen LogP contribution in [0.1, 0.15) is 6.92 Å². The Morgan fingerprint density at radius 3 is 2.47 bits per heavy atom. The fourth-order valence-electron chi connectivity index (χ4n) is 1.57. The molecule has 0 amide bonds. The van der Waals surface area contributed by atoms with Gasteiger partial charge in [-0.15, -0.1) is 0 Å². The minimum atomic E-state index is -4.26. The molecule has 0 aliphatic carbocycles. The number of hydrogen-bond acceptors (Lipinski definition) is 3. The number of nitrogens with zero attached hydrogens (tertiary/aromatic N) is 1. The second-order valence-corrected chi connectivity index (χ2v) is 3.52. The summed E-state index contributed by atoms with van der Waals surface area (Å²) in [5, 5.41) is 0. The third-order valence-corrected chi connectivity index (χ3v) is 2.36. The zero-order valence-electron chi connectivity index (χ0n) is 9.71. The molecule has 0 spiro atoms. The van der Waals surface area contributed by atoms with Crippen LogP contribution in [-0.2, 0) is 0 Å². The lowest BCUT2D eigenvalue weighted by atomic mass is 10.2. The maximum absolute atomic E-state index is 12.4. The Morgan fingerprint density at radius 1 is 1.35 bits per heavy atom. The molecule has 0 saturated heterocycles. The molecule has 1 aromatic carbocycles. The van der Waals surface area contributed by atoms with Crippen molar-refractivity contribution in [1.82, 2.24) is 0 Å². The molecule has 0 aromatic heterocycles. The fourth-order valence-corrected chi connectivity index (χ4v) is 1.57. The molecule has 0 bridgehead atoms. The number of methoxy groups -OCH3 is 1. The van der Waals surface area contributed by atoms with Crippen LogP contribution in [0.2, 0.25) is 0 Å². The Kier molecular flexibility index (Phi) is 4.09. The van der Waals surface area contributed by atoms with Crippen molar-refractivity contribution in [2.75, 3.05) is 30.8 Å². The van der Waals surface area contributed by atoms with Crippen LogP contribution in [0.15, 0.2) is 18.2 Å². The highest BCUT2D eigenvalue weighted by atomic mass is 19.4. The van der Waals surface area contributed by atoms with Gasteiger partial charge in [-0.05, 0) is 19.1 Å². The van der Waals surface area contributed by atoms with Crippen LogP contribution in [0.5, 0.6) is 5.75 Å². The van der Waals surface area contributed by atoms with Gasteiger partial charge in [-0.1, -0.05) is 6.07 Å². The average Bonchev–Trinajstić information content (AvgIpc) is 2.25. The van der Waals surface area contributed by atoms with Crippen LogP contribution < -0.4 is 15.4 Å². The summed E-state index contributed by atoms with van der Waals surface area (Å²) in [6, 6.07) is 4.77. The predicted octanol–water partition coefficient (Wildman–Crippen LogP) is 2.67. The van der Waals surface area contributed by atoms with Crippen molar-refractivity contribution < 1.29 is 17.9 Å². The van der Waals surface area contributed by atoms with Gasteiger partial charge in [0.15, 0.2) is 0 Å². The van der Waals surface area contributed by atoms with Gasteiger partial charge in [0.2, 0.25) is 0 Å². The quantitative estimate of drug-likeness (QED) is 0.832. The number of anilines is 2. The fraction of sp³-hybridized carbons (Fsp3) is 0.455. The lowest BCUT2D eigenvalue weighted by Crippen LogP contribution is -2.34. The monoisotopic (exact) mass is 248 g/mol. The molecule has 1 rings (SSSR count). The highest BCUT2D eigenvalue weighted by Crippen LogP contribution is 2.33. The average molecular weight is 248 g/mol. The number of rotatable bonds is 4. The molecule has 96 valence electrons. The minimum absolute atomic E-state index is 0.219. The third-order valence-electron chi connectivity index (χ3n) is 2.36. The number of benzene rings is 1. The maximum atomic E-state index is 12.4. The van der Waals surface area contributed by atoms with Crippen LogP contribution in [0.4, 0.5) is 24.5 Å². The summed E-state index contributed by atoms with van der Waals surface area (Å²) in [5.41, 5.74) is 6.32. The maximum Gasteiger partial charge on any atom is 0.405 e. The van der Waals surface area contributed by atoms with Crippen molar-refractivity contribution >= 4 is 11.4 Å². The van der Waals surface area contributed by atoms with Gasteiger partial charge < -0.3 is 15.4 Å².